The van der Waals surface area contributed by atoms with Crippen LogP contribution in [0.4, 0.5) is 0 Å². The molecule has 1 radical (unpaired) electrons. The number of rotatable bonds is 18. The van der Waals surface area contributed by atoms with Gasteiger partial charge in [0, 0.05) is 129 Å². The van der Waals surface area contributed by atoms with Crippen LogP contribution in [0.15, 0.2) is 60.7 Å². The van der Waals surface area contributed by atoms with Crippen LogP contribution in [-0.2, 0) is 40.9 Å². The molecule has 0 bridgehead atoms. The summed E-state index contributed by atoms with van der Waals surface area (Å²) in [4.78, 5) is 131. The molecule has 2 amide bonds. The number of nitrogens with one attached hydrogen (secondary N) is 2. The normalized spacial score (nSPS) is 18.4. The van der Waals surface area contributed by atoms with Crippen LogP contribution >= 0.6 is 30.4 Å². The Labute approximate surface area is 534 Å². The van der Waals surface area contributed by atoms with Crippen LogP contribution < -0.4 is 10.6 Å². The summed E-state index contributed by atoms with van der Waals surface area (Å²) in [6.07, 6.45) is -2.13. The molecule has 0 unspecified atom stereocenters. The molecule has 26 nitrogen and oxygen atoms in total. The van der Waals surface area contributed by atoms with E-state index in [1.165, 1.54) is 0 Å². The Hall–Kier alpha value is -0.611. The number of carbonyl (C=O) groups is 2. The summed E-state index contributed by atoms with van der Waals surface area (Å²) in [7, 11) is -18.1. The van der Waals surface area contributed by atoms with Crippen molar-refractivity contribution >= 4 is 64.0 Å². The molecule has 0 spiro atoms. The number of pyridine rings is 2. The molecule has 6 rings (SSSR count). The number of hydrogen-bond acceptors (Lipinski definition) is 16. The van der Waals surface area contributed by atoms with E-state index < -0.39 is 67.3 Å². The zero-order chi connectivity index (χ0) is 56.0. The van der Waals surface area contributed by atoms with E-state index in [2.05, 4.69) is 10.6 Å². The van der Waals surface area contributed by atoms with E-state index in [4.69, 9.17) is 9.97 Å². The third-order valence-electron chi connectivity index (χ3n) is 13.3. The van der Waals surface area contributed by atoms with Crippen molar-refractivity contribution in [3.63, 3.8) is 0 Å². The molecule has 32 heteroatoms. The van der Waals surface area contributed by atoms with Gasteiger partial charge in [-0.05, 0) is 50.2 Å². The van der Waals surface area contributed by atoms with E-state index in [9.17, 15) is 67.0 Å². The minimum atomic E-state index is -4.52. The second-order valence-corrected chi connectivity index (χ2v) is 26.6. The van der Waals surface area contributed by atoms with Crippen molar-refractivity contribution in [1.82, 2.24) is 59.8 Å². The molecular weight excluding hydrogens is 1390 g/mol. The molecule has 0 aliphatic carbocycles. The van der Waals surface area contributed by atoms with Crippen molar-refractivity contribution in [3.05, 3.63) is 83.2 Å². The number of aryl methyl sites for hydroxylation is 2. The molecule has 2 aliphatic rings. The number of aromatic nitrogens is 2. The standard InChI is InChI=1S/C47H76N12O14P4.Eu.Gd/c1-38-3-9-44-40(27-38)5-7-42(50-44)29-52-11-19-56(34-74(62,63)64)23-15-54(16-24-57(20-12-52)35-75(65,66)67)31-46(60)48-33-49-47(61)32-55-17-25-58(36-76(68,69)70)21-13-53(14-22-59(26-18-55)37-77(71,72)73)30-43-8-6-41-28-39(2)4-10-45(41)51-43;;/h3-10,27-28H,11-26,29-37H2,1-2H3,(H,48,60)(H,49,61)(H2,62,63,64)(H2,65,66,67)(H2,68,69,70)(H2,71,72,73);;/q;2*+3. The Balaban J connectivity index is 0.00000672. The van der Waals surface area contributed by atoms with Crippen LogP contribution in [0.2, 0.25) is 0 Å². The topological polar surface area (TPSA) is 340 Å². The van der Waals surface area contributed by atoms with Crippen molar-refractivity contribution in [2.24, 2.45) is 0 Å². The third kappa shape index (κ3) is 28.0. The van der Waals surface area contributed by atoms with Crippen molar-refractivity contribution in [3.8, 4) is 0 Å². The number of carbonyl (C=O) groups excluding carboxylic acids is 2. The molecule has 2 saturated heterocycles. The molecule has 2 aliphatic heterocycles. The third-order valence-corrected chi connectivity index (χ3v) is 16.4. The fraction of sp³-hybridized carbons (Fsp3) is 0.574. The first-order chi connectivity index (χ1) is 36.2. The molecule has 2 aromatic heterocycles. The monoisotopic (exact) mass is 1470 g/mol. The van der Waals surface area contributed by atoms with Gasteiger partial charge in [-0.2, -0.15) is 0 Å². The van der Waals surface area contributed by atoms with E-state index >= 15 is 0 Å². The van der Waals surface area contributed by atoms with E-state index in [-0.39, 0.29) is 188 Å². The van der Waals surface area contributed by atoms with Crippen LogP contribution in [0.5, 0.6) is 0 Å². The quantitative estimate of drug-likeness (QED) is 0.0472. The zero-order valence-electron chi connectivity index (χ0n) is 44.5. The molecule has 79 heavy (non-hydrogen) atoms. The van der Waals surface area contributed by atoms with Crippen molar-refractivity contribution in [2.75, 3.05) is 150 Å². The maximum Gasteiger partial charge on any atom is 3.00 e. The van der Waals surface area contributed by atoms with Crippen LogP contribution in [0.1, 0.15) is 22.5 Å². The summed E-state index contributed by atoms with van der Waals surface area (Å²) in [5, 5.41) is 7.28. The van der Waals surface area contributed by atoms with Gasteiger partial charge in [-0.15, -0.1) is 0 Å². The van der Waals surface area contributed by atoms with Crippen molar-refractivity contribution < 1.29 is 156 Å². The summed E-state index contributed by atoms with van der Waals surface area (Å²) in [5.41, 5.74) is 5.32. The minimum Gasteiger partial charge on any atom is -0.338 e. The Morgan fingerprint density at radius 3 is 0.975 bits per heavy atom. The van der Waals surface area contributed by atoms with E-state index in [0.29, 0.717) is 39.3 Å². The molecule has 2 fully saturated rings. The number of nitrogens with zero attached hydrogens (tertiary/aromatic N) is 10. The zero-order valence-corrected chi connectivity index (χ0v) is 52.7. The van der Waals surface area contributed by atoms with E-state index in [1.807, 2.05) is 84.3 Å². The van der Waals surface area contributed by atoms with E-state index in [0.717, 1.165) is 44.3 Å². The number of hydrogen-bond donors (Lipinski definition) is 10. The van der Waals surface area contributed by atoms with Crippen molar-refractivity contribution in [1.29, 1.82) is 0 Å². The molecular formula is C47H76EuGdN12O14P4+6. The number of benzene rings is 2. The fourth-order valence-electron chi connectivity index (χ4n) is 9.37. The molecule has 437 valence electrons. The molecule has 0 atom stereocenters. The number of amides is 2. The van der Waals surface area contributed by atoms with E-state index in [1.54, 1.807) is 29.4 Å². The van der Waals surface area contributed by atoms with Crippen LogP contribution in [0.25, 0.3) is 21.8 Å². The summed E-state index contributed by atoms with van der Waals surface area (Å²) in [6.45, 7) is 7.46. The Bertz CT molecular complexity index is 2550. The van der Waals surface area contributed by atoms with Gasteiger partial charge in [-0.25, -0.2) is 0 Å². The second kappa shape index (κ2) is 33.3. The molecule has 4 heterocycles. The Morgan fingerprint density at radius 1 is 0.430 bits per heavy atom. The van der Waals surface area contributed by atoms with Gasteiger partial charge in [0.1, 0.15) is 25.1 Å². The molecule has 0 saturated carbocycles. The maximum atomic E-state index is 13.4. The van der Waals surface area contributed by atoms with Gasteiger partial charge in [-0.3, -0.25) is 77.0 Å². The van der Waals surface area contributed by atoms with Gasteiger partial charge in [0.15, 0.2) is 0 Å². The SMILES string of the molecule is Cc1ccc2nc(CN3CCN(CP(=O)(O)O)CCN(CC(=O)NCNC(=O)CN4CCN(CP(=O)(O)O)CCN(Cc5ccc6cc(C)ccc6n5)CCN(CP(=O)(O)O)CC4)CCN(CP(=O)(O)O)CC3)ccc2c1.[Eu+3].[Gd+3]. The van der Waals surface area contributed by atoms with Gasteiger partial charge in [0.2, 0.25) is 11.8 Å². The van der Waals surface area contributed by atoms with Crippen LogP contribution in [0.3, 0.4) is 0 Å². The van der Waals surface area contributed by atoms with Gasteiger partial charge < -0.3 is 49.8 Å². The largest absolute Gasteiger partial charge is 3.00 e. The van der Waals surface area contributed by atoms with Gasteiger partial charge in [-0.1, -0.05) is 35.4 Å². The summed E-state index contributed by atoms with van der Waals surface area (Å²) in [6, 6.07) is 19.7. The predicted molar refractivity (Wildman–Crippen MR) is 291 cm³/mol. The first-order valence-electron chi connectivity index (χ1n) is 25.4. The average molecular weight is 1470 g/mol. The maximum absolute atomic E-state index is 13.4. The van der Waals surface area contributed by atoms with Gasteiger partial charge in [0.25, 0.3) is 0 Å². The van der Waals surface area contributed by atoms with Crippen LogP contribution in [-0.4, -0.2) is 250 Å². The Morgan fingerprint density at radius 2 is 0.696 bits per heavy atom. The fourth-order valence-corrected chi connectivity index (χ4v) is 12.6. The number of fused-ring (bicyclic) bond motifs is 2. The Kier molecular flexibility index (Phi) is 29.9. The predicted octanol–water partition coefficient (Wildman–Crippen LogP) is 0.274. The molecule has 4 aromatic rings. The average Bonchev–Trinajstić information content (AvgIpc) is 3.31. The summed E-state index contributed by atoms with van der Waals surface area (Å²) in [5.74, 6) is -1.03. The van der Waals surface area contributed by atoms with Crippen molar-refractivity contribution in [2.45, 2.75) is 26.9 Å². The molecule has 10 N–H and O–H groups in total. The minimum absolute atomic E-state index is 0. The smallest absolute Gasteiger partial charge is 0.338 e. The summed E-state index contributed by atoms with van der Waals surface area (Å²) < 4.78 is 49.2. The van der Waals surface area contributed by atoms with Crippen LogP contribution in [0, 0.1) is 103 Å². The first kappa shape index (κ1) is 70.9. The first-order valence-corrected chi connectivity index (χ1v) is 32.6. The molecule has 2 aromatic carbocycles. The van der Waals surface area contributed by atoms with Gasteiger partial charge >= 0.3 is 120 Å². The van der Waals surface area contributed by atoms with Gasteiger partial charge in [0.05, 0.1) is 42.2 Å². The second-order valence-electron chi connectivity index (χ2n) is 20.2. The summed E-state index contributed by atoms with van der Waals surface area (Å²) >= 11 is 0.